The van der Waals surface area contributed by atoms with E-state index in [0.29, 0.717) is 18.5 Å². The van der Waals surface area contributed by atoms with Gasteiger partial charge in [-0.2, -0.15) is 0 Å². The van der Waals surface area contributed by atoms with E-state index in [0.717, 1.165) is 18.2 Å². The van der Waals surface area contributed by atoms with E-state index in [9.17, 15) is 34.1 Å². The van der Waals surface area contributed by atoms with Gasteiger partial charge in [-0.25, -0.2) is 14.0 Å². The molecule has 1 aliphatic heterocycles. The zero-order chi connectivity index (χ0) is 30.0. The Balaban J connectivity index is 0.000000378. The molecule has 216 valence electrons. The lowest BCUT2D eigenvalue weighted by Crippen LogP contribution is -2.39. The number of carboxylic acids is 2. The zero-order valence-corrected chi connectivity index (χ0v) is 22.1. The topological polar surface area (TPSA) is 209 Å². The first-order valence-electron chi connectivity index (χ1n) is 11.5. The zero-order valence-electron chi connectivity index (χ0n) is 20.6. The number of hydrogen-bond donors (Lipinski definition) is 7. The lowest BCUT2D eigenvalue weighted by atomic mass is 9.89. The molecule has 0 spiro atoms. The van der Waals surface area contributed by atoms with Crippen molar-refractivity contribution in [3.8, 4) is 22.8 Å². The second-order valence-corrected chi connectivity index (χ2v) is 9.76. The number of aliphatic hydroxyl groups excluding tert-OH is 3. The molecule has 0 amide bonds. The summed E-state index contributed by atoms with van der Waals surface area (Å²) in [6.07, 6.45) is -3.94. The summed E-state index contributed by atoms with van der Waals surface area (Å²) in [6.45, 7) is 0.497. The van der Waals surface area contributed by atoms with E-state index < -0.39 is 41.1 Å². The molecule has 2 aromatic carbocycles. The van der Waals surface area contributed by atoms with Crippen molar-refractivity contribution in [2.75, 3.05) is 20.2 Å². The molecule has 0 aliphatic carbocycles. The first-order chi connectivity index (χ1) is 18.7. The minimum absolute atomic E-state index is 0.0276. The minimum Gasteiger partial charge on any atom is -0.507 e. The van der Waals surface area contributed by atoms with Crippen LogP contribution in [0.25, 0.3) is 22.3 Å². The van der Waals surface area contributed by atoms with Crippen LogP contribution in [-0.2, 0) is 9.59 Å². The number of benzene rings is 2. The third kappa shape index (κ3) is 6.14. The Kier molecular flexibility index (Phi) is 9.61. The number of fused-ring (bicyclic) bond motifs is 1. The smallest absolute Gasteiger partial charge is 0.335 e. The monoisotopic (exact) mass is 603 g/mol. The Hall–Kier alpha value is -3.46. The maximum absolute atomic E-state index is 14.0. The van der Waals surface area contributed by atoms with Crippen LogP contribution in [0.15, 0.2) is 33.5 Å². The highest BCUT2D eigenvalue weighted by Gasteiger charge is 2.37. The summed E-state index contributed by atoms with van der Waals surface area (Å²) in [5.74, 6) is -5.36. The van der Waals surface area contributed by atoms with Gasteiger partial charge < -0.3 is 45.1 Å². The number of phenols is 2. The summed E-state index contributed by atoms with van der Waals surface area (Å²) in [5, 5.41) is 63.0. The fraction of sp³-hybridized carbons (Fsp3) is 0.320. The molecular weight excluding hydrogens is 580 g/mol. The van der Waals surface area contributed by atoms with E-state index in [1.165, 1.54) is 6.07 Å². The van der Waals surface area contributed by atoms with Gasteiger partial charge >= 0.3 is 11.9 Å². The SMILES string of the molecule is CN1CCC(c2c(O)cc(O)c3c(=O)cc(-c4cc(F)c(Cl)cc4Cl)oc23)C1CO.O=C(O)C(O)C(O)C(=O)O. The van der Waals surface area contributed by atoms with Crippen LogP contribution >= 0.6 is 23.2 Å². The third-order valence-electron chi connectivity index (χ3n) is 6.46. The fourth-order valence-electron chi connectivity index (χ4n) is 4.41. The average Bonchev–Trinajstić information content (AvgIpc) is 3.24. The molecule has 1 aromatic heterocycles. The first kappa shape index (κ1) is 31.1. The number of nitrogens with zero attached hydrogens (tertiary/aromatic N) is 1. The summed E-state index contributed by atoms with van der Waals surface area (Å²) >= 11 is 11.9. The first-order valence-corrected chi connectivity index (χ1v) is 12.3. The maximum atomic E-state index is 14.0. The van der Waals surface area contributed by atoms with E-state index in [1.807, 2.05) is 11.9 Å². The van der Waals surface area contributed by atoms with E-state index in [2.05, 4.69) is 0 Å². The molecule has 4 unspecified atom stereocenters. The molecule has 1 saturated heterocycles. The van der Waals surface area contributed by atoms with Crippen LogP contribution in [0.3, 0.4) is 0 Å². The maximum Gasteiger partial charge on any atom is 0.335 e. The summed E-state index contributed by atoms with van der Waals surface area (Å²) in [6, 6.07) is 4.13. The Bertz CT molecular complexity index is 1490. The summed E-state index contributed by atoms with van der Waals surface area (Å²) in [4.78, 5) is 34.3. The van der Waals surface area contributed by atoms with Gasteiger partial charge in [0.15, 0.2) is 17.6 Å². The molecule has 0 radical (unpaired) electrons. The van der Waals surface area contributed by atoms with Crippen molar-refractivity contribution in [3.05, 3.63) is 55.9 Å². The van der Waals surface area contributed by atoms with E-state index in [1.54, 1.807) is 0 Å². The average molecular weight is 604 g/mol. The van der Waals surface area contributed by atoms with Crippen LogP contribution in [0.2, 0.25) is 10.0 Å². The highest BCUT2D eigenvalue weighted by atomic mass is 35.5. The second kappa shape index (κ2) is 12.4. The van der Waals surface area contributed by atoms with Gasteiger partial charge in [-0.05, 0) is 32.1 Å². The van der Waals surface area contributed by atoms with Gasteiger partial charge in [-0.3, -0.25) is 4.79 Å². The van der Waals surface area contributed by atoms with E-state index in [4.69, 9.17) is 48.0 Å². The molecule has 1 aliphatic rings. The molecule has 0 saturated carbocycles. The van der Waals surface area contributed by atoms with Gasteiger partial charge in [0.25, 0.3) is 0 Å². The van der Waals surface area contributed by atoms with Crippen molar-refractivity contribution in [1.82, 2.24) is 4.90 Å². The van der Waals surface area contributed by atoms with Crippen molar-refractivity contribution in [3.63, 3.8) is 0 Å². The molecule has 4 rings (SSSR count). The number of likely N-dealkylation sites (N-methyl/N-ethyl adjacent to an activating group) is 1. The quantitative estimate of drug-likeness (QED) is 0.202. The molecule has 0 bridgehead atoms. The molecule has 4 atom stereocenters. The minimum atomic E-state index is -2.27. The lowest BCUT2D eigenvalue weighted by Gasteiger charge is -2.24. The van der Waals surface area contributed by atoms with Gasteiger partial charge in [0, 0.05) is 35.2 Å². The van der Waals surface area contributed by atoms with Crippen molar-refractivity contribution in [2.24, 2.45) is 0 Å². The van der Waals surface area contributed by atoms with Crippen molar-refractivity contribution < 1.29 is 54.1 Å². The number of rotatable bonds is 6. The second-order valence-electron chi connectivity index (χ2n) is 8.95. The number of likely N-dealkylation sites (tertiary alicyclic amines) is 1. The Morgan fingerprint density at radius 2 is 1.65 bits per heavy atom. The molecule has 15 heteroatoms. The molecule has 40 heavy (non-hydrogen) atoms. The van der Waals surface area contributed by atoms with Crippen LogP contribution in [0.1, 0.15) is 17.9 Å². The van der Waals surface area contributed by atoms with E-state index >= 15 is 0 Å². The van der Waals surface area contributed by atoms with Gasteiger partial charge in [0.2, 0.25) is 0 Å². The largest absolute Gasteiger partial charge is 0.507 e. The predicted molar refractivity (Wildman–Crippen MR) is 139 cm³/mol. The number of hydrogen-bond acceptors (Lipinski definition) is 10. The normalized spacial score (nSPS) is 18.7. The van der Waals surface area contributed by atoms with Crippen molar-refractivity contribution in [2.45, 2.75) is 30.6 Å². The number of aliphatic hydroxyl groups is 3. The Morgan fingerprint density at radius 1 is 1.05 bits per heavy atom. The highest BCUT2D eigenvalue weighted by molar-refractivity contribution is 6.36. The number of halogens is 3. The van der Waals surface area contributed by atoms with Gasteiger partial charge in [0.05, 0.1) is 16.7 Å². The molecular formula is C25H24Cl2FNO11. The number of carboxylic acid groups (broad SMARTS) is 2. The van der Waals surface area contributed by atoms with Crippen LogP contribution in [0, 0.1) is 5.82 Å². The molecule has 3 aromatic rings. The predicted octanol–water partition coefficient (Wildman–Crippen LogP) is 1.97. The number of phenolic OH excluding ortho intramolecular Hbond substituents is 2. The molecule has 1 fully saturated rings. The van der Waals surface area contributed by atoms with E-state index in [-0.39, 0.29) is 56.7 Å². The molecule has 7 N–H and O–H groups in total. The Labute approximate surface area is 234 Å². The van der Waals surface area contributed by atoms with Crippen LogP contribution in [0.4, 0.5) is 4.39 Å². The lowest BCUT2D eigenvalue weighted by molar-refractivity contribution is -0.165. The summed E-state index contributed by atoms with van der Waals surface area (Å²) in [5.41, 5.74) is -0.201. The number of aromatic hydroxyl groups is 2. The Morgan fingerprint density at radius 3 is 2.20 bits per heavy atom. The summed E-state index contributed by atoms with van der Waals surface area (Å²) < 4.78 is 20.0. The number of aliphatic carboxylic acids is 2. The molecule has 12 nitrogen and oxygen atoms in total. The van der Waals surface area contributed by atoms with Gasteiger partial charge in [0.1, 0.15) is 34.0 Å². The fourth-order valence-corrected chi connectivity index (χ4v) is 4.88. The van der Waals surface area contributed by atoms with Crippen molar-refractivity contribution >= 4 is 46.1 Å². The summed E-state index contributed by atoms with van der Waals surface area (Å²) in [7, 11) is 1.85. The standard InChI is InChI=1S/C21H18Cl2FNO5.C4H6O6/c1-25-3-2-9(14(25)8-26)19-15(27)6-16(28)20-17(29)7-18(30-21(19)20)10-4-13(24)12(23)5-11(10)22;5-1(3(7)8)2(6)4(9)10/h4-7,9,14,26-28H,2-3,8H2,1H3;1-2,5-6H,(H,7,8)(H,9,10). The van der Waals surface area contributed by atoms with Crippen LogP contribution in [0.5, 0.6) is 11.5 Å². The number of carbonyl (C=O) groups is 2. The van der Waals surface area contributed by atoms with Crippen LogP contribution in [-0.4, -0.2) is 91.0 Å². The van der Waals surface area contributed by atoms with Crippen molar-refractivity contribution in [1.29, 1.82) is 0 Å². The third-order valence-corrected chi connectivity index (χ3v) is 7.06. The molecule has 2 heterocycles. The van der Waals surface area contributed by atoms with Crippen LogP contribution < -0.4 is 5.43 Å². The van der Waals surface area contributed by atoms with Gasteiger partial charge in [-0.15, -0.1) is 0 Å². The van der Waals surface area contributed by atoms with Gasteiger partial charge in [-0.1, -0.05) is 23.2 Å². The highest BCUT2D eigenvalue weighted by Crippen LogP contribution is 2.44.